The van der Waals surface area contributed by atoms with Crippen molar-refractivity contribution in [1.82, 2.24) is 0 Å². The van der Waals surface area contributed by atoms with E-state index in [1.165, 1.54) is 11.3 Å². The van der Waals surface area contributed by atoms with E-state index in [-0.39, 0.29) is 18.4 Å². The number of aryl methyl sites for hydroxylation is 1. The van der Waals surface area contributed by atoms with Gasteiger partial charge in [0.15, 0.2) is 0 Å². The average Bonchev–Trinajstić information content (AvgIpc) is 2.94. The predicted molar refractivity (Wildman–Crippen MR) is 98.0 cm³/mol. The SMILES string of the molecule is CCOC(=O)c1sc(NC(=O)CN(CC)c2ccccc2)cc1C. The van der Waals surface area contributed by atoms with Gasteiger partial charge in [-0.05, 0) is 44.5 Å². The van der Waals surface area contributed by atoms with Crippen LogP contribution in [0.5, 0.6) is 0 Å². The van der Waals surface area contributed by atoms with Gasteiger partial charge in [-0.25, -0.2) is 4.79 Å². The van der Waals surface area contributed by atoms with Crippen molar-refractivity contribution >= 4 is 33.9 Å². The minimum atomic E-state index is -0.347. The number of ether oxygens (including phenoxy) is 1. The van der Waals surface area contributed by atoms with E-state index >= 15 is 0 Å². The minimum absolute atomic E-state index is 0.114. The zero-order valence-electron chi connectivity index (χ0n) is 14.2. The first-order chi connectivity index (χ1) is 11.5. The number of thiophene rings is 1. The molecule has 0 atom stereocenters. The average molecular weight is 346 g/mol. The molecule has 1 N–H and O–H groups in total. The zero-order valence-corrected chi connectivity index (χ0v) is 15.0. The second-order valence-corrected chi connectivity index (χ2v) is 6.29. The van der Waals surface area contributed by atoms with Gasteiger partial charge in [-0.1, -0.05) is 18.2 Å². The van der Waals surface area contributed by atoms with E-state index < -0.39 is 0 Å². The number of anilines is 2. The molecule has 0 bridgehead atoms. The largest absolute Gasteiger partial charge is 0.462 e. The number of esters is 1. The maximum atomic E-state index is 12.3. The number of rotatable bonds is 7. The number of para-hydroxylation sites is 1. The van der Waals surface area contributed by atoms with Crippen LogP contribution in [-0.2, 0) is 9.53 Å². The number of likely N-dealkylation sites (N-methyl/N-ethyl adjacent to an activating group) is 1. The summed E-state index contributed by atoms with van der Waals surface area (Å²) < 4.78 is 5.02. The molecule has 128 valence electrons. The predicted octanol–water partition coefficient (Wildman–Crippen LogP) is 3.70. The molecule has 0 radical (unpaired) electrons. The highest BCUT2D eigenvalue weighted by molar-refractivity contribution is 7.18. The van der Waals surface area contributed by atoms with Crippen LogP contribution in [-0.4, -0.2) is 31.6 Å². The topological polar surface area (TPSA) is 58.6 Å². The van der Waals surface area contributed by atoms with Crippen LogP contribution in [0.15, 0.2) is 36.4 Å². The van der Waals surface area contributed by atoms with Crippen molar-refractivity contribution < 1.29 is 14.3 Å². The van der Waals surface area contributed by atoms with E-state index in [0.717, 1.165) is 17.8 Å². The van der Waals surface area contributed by atoms with Crippen LogP contribution >= 0.6 is 11.3 Å². The molecule has 6 heteroatoms. The normalized spacial score (nSPS) is 10.3. The van der Waals surface area contributed by atoms with Crippen LogP contribution in [0.2, 0.25) is 0 Å². The van der Waals surface area contributed by atoms with E-state index in [1.807, 2.05) is 49.1 Å². The van der Waals surface area contributed by atoms with Crippen LogP contribution in [0, 0.1) is 6.92 Å². The smallest absolute Gasteiger partial charge is 0.348 e. The quantitative estimate of drug-likeness (QED) is 0.777. The van der Waals surface area contributed by atoms with Crippen molar-refractivity contribution in [3.8, 4) is 0 Å². The van der Waals surface area contributed by atoms with Gasteiger partial charge in [0.25, 0.3) is 0 Å². The van der Waals surface area contributed by atoms with Gasteiger partial charge >= 0.3 is 5.97 Å². The van der Waals surface area contributed by atoms with Crippen molar-refractivity contribution in [3.05, 3.63) is 46.8 Å². The molecule has 2 aromatic rings. The van der Waals surface area contributed by atoms with Crippen molar-refractivity contribution in [2.75, 3.05) is 29.9 Å². The first kappa shape index (κ1) is 18.0. The lowest BCUT2D eigenvalue weighted by atomic mass is 10.3. The van der Waals surface area contributed by atoms with Crippen LogP contribution in [0.25, 0.3) is 0 Å². The summed E-state index contributed by atoms with van der Waals surface area (Å²) in [5.74, 6) is -0.461. The number of benzene rings is 1. The fourth-order valence-electron chi connectivity index (χ4n) is 2.32. The van der Waals surface area contributed by atoms with Gasteiger partial charge in [-0.3, -0.25) is 4.79 Å². The van der Waals surface area contributed by atoms with Gasteiger partial charge in [-0.15, -0.1) is 11.3 Å². The lowest BCUT2D eigenvalue weighted by Gasteiger charge is -2.22. The Morgan fingerprint density at radius 1 is 1.21 bits per heavy atom. The third-order valence-corrected chi connectivity index (χ3v) is 4.61. The molecule has 0 aliphatic rings. The lowest BCUT2D eigenvalue weighted by Crippen LogP contribution is -2.32. The van der Waals surface area contributed by atoms with Gasteiger partial charge in [0, 0.05) is 12.2 Å². The van der Waals surface area contributed by atoms with Gasteiger partial charge in [-0.2, -0.15) is 0 Å². The van der Waals surface area contributed by atoms with Crippen molar-refractivity contribution in [2.45, 2.75) is 20.8 Å². The summed E-state index contributed by atoms with van der Waals surface area (Å²) >= 11 is 1.24. The highest BCUT2D eigenvalue weighted by Crippen LogP contribution is 2.27. The van der Waals surface area contributed by atoms with E-state index in [0.29, 0.717) is 16.5 Å². The van der Waals surface area contributed by atoms with Gasteiger partial charge in [0.05, 0.1) is 18.2 Å². The summed E-state index contributed by atoms with van der Waals surface area (Å²) in [4.78, 5) is 26.7. The van der Waals surface area contributed by atoms with Crippen LogP contribution in [0.1, 0.15) is 29.1 Å². The number of nitrogens with zero attached hydrogens (tertiary/aromatic N) is 1. The summed E-state index contributed by atoms with van der Waals surface area (Å²) in [7, 11) is 0. The van der Waals surface area contributed by atoms with Crippen LogP contribution in [0.4, 0.5) is 10.7 Å². The third kappa shape index (κ3) is 4.58. The third-order valence-electron chi connectivity index (χ3n) is 3.48. The van der Waals surface area contributed by atoms with E-state index in [2.05, 4.69) is 5.32 Å². The summed E-state index contributed by atoms with van der Waals surface area (Å²) in [6.07, 6.45) is 0. The van der Waals surface area contributed by atoms with Crippen molar-refractivity contribution in [2.24, 2.45) is 0 Å². The molecular formula is C18H22N2O3S. The Hall–Kier alpha value is -2.34. The highest BCUT2D eigenvalue weighted by atomic mass is 32.1. The van der Waals surface area contributed by atoms with Crippen LogP contribution < -0.4 is 10.2 Å². The van der Waals surface area contributed by atoms with Crippen molar-refractivity contribution in [3.63, 3.8) is 0 Å². The molecule has 0 spiro atoms. The monoisotopic (exact) mass is 346 g/mol. The van der Waals surface area contributed by atoms with Crippen LogP contribution in [0.3, 0.4) is 0 Å². The summed E-state index contributed by atoms with van der Waals surface area (Å²) in [6, 6.07) is 11.6. The maximum Gasteiger partial charge on any atom is 0.348 e. The molecule has 0 unspecified atom stereocenters. The first-order valence-electron chi connectivity index (χ1n) is 7.92. The molecule has 1 heterocycles. The maximum absolute atomic E-state index is 12.3. The molecule has 0 aliphatic heterocycles. The Morgan fingerprint density at radius 3 is 2.54 bits per heavy atom. The Balaban J connectivity index is 2.02. The second-order valence-electron chi connectivity index (χ2n) is 5.24. The highest BCUT2D eigenvalue weighted by Gasteiger charge is 2.17. The van der Waals surface area contributed by atoms with Gasteiger partial charge < -0.3 is 15.0 Å². The summed E-state index contributed by atoms with van der Waals surface area (Å²) in [6.45, 7) is 6.93. The first-order valence-corrected chi connectivity index (χ1v) is 8.74. The Bertz CT molecular complexity index is 698. The molecule has 0 saturated carbocycles. The fraction of sp³-hybridized carbons (Fsp3) is 0.333. The van der Waals surface area contributed by atoms with E-state index in [9.17, 15) is 9.59 Å². The number of carbonyl (C=O) groups is 2. The Kier molecular flexibility index (Phi) is 6.37. The van der Waals surface area contributed by atoms with Gasteiger partial charge in [0.2, 0.25) is 5.91 Å². The summed E-state index contributed by atoms with van der Waals surface area (Å²) in [5.41, 5.74) is 1.81. The number of hydrogen-bond donors (Lipinski definition) is 1. The fourth-order valence-corrected chi connectivity index (χ4v) is 3.30. The molecule has 24 heavy (non-hydrogen) atoms. The molecule has 1 aromatic carbocycles. The van der Waals surface area contributed by atoms with Gasteiger partial charge in [0.1, 0.15) is 4.88 Å². The van der Waals surface area contributed by atoms with E-state index in [4.69, 9.17) is 4.74 Å². The number of hydrogen-bond acceptors (Lipinski definition) is 5. The zero-order chi connectivity index (χ0) is 17.5. The Labute approximate surface area is 146 Å². The number of carbonyl (C=O) groups excluding carboxylic acids is 2. The molecule has 0 fully saturated rings. The molecular weight excluding hydrogens is 324 g/mol. The minimum Gasteiger partial charge on any atom is -0.462 e. The van der Waals surface area contributed by atoms with E-state index in [1.54, 1.807) is 13.0 Å². The standard InChI is InChI=1S/C18H22N2O3S/c1-4-20(14-9-7-6-8-10-14)12-15(21)19-16-11-13(3)17(24-16)18(22)23-5-2/h6-11H,4-5,12H2,1-3H3,(H,19,21). The Morgan fingerprint density at radius 2 is 1.92 bits per heavy atom. The molecule has 1 amide bonds. The molecule has 0 saturated heterocycles. The molecule has 2 rings (SSSR count). The number of amides is 1. The lowest BCUT2D eigenvalue weighted by molar-refractivity contribution is -0.114. The van der Waals surface area contributed by atoms with Crippen molar-refractivity contribution in [1.29, 1.82) is 0 Å². The molecule has 1 aromatic heterocycles. The molecule has 5 nitrogen and oxygen atoms in total. The molecule has 0 aliphatic carbocycles. The second kappa shape index (κ2) is 8.49. The number of nitrogens with one attached hydrogen (secondary N) is 1. The summed E-state index contributed by atoms with van der Waals surface area (Å²) in [5, 5.41) is 3.52.